The number of carboxylic acid groups (broad SMARTS) is 1. The van der Waals surface area contributed by atoms with Gasteiger partial charge in [-0.25, -0.2) is 4.79 Å². The summed E-state index contributed by atoms with van der Waals surface area (Å²) in [5.41, 5.74) is -0.304. The van der Waals surface area contributed by atoms with Crippen LogP contribution in [0.5, 0.6) is 0 Å². The van der Waals surface area contributed by atoms with Crippen LogP contribution in [0, 0.1) is 0 Å². The highest BCUT2D eigenvalue weighted by Crippen LogP contribution is 2.43. The first-order chi connectivity index (χ1) is 9.06. The molecule has 0 saturated heterocycles. The van der Waals surface area contributed by atoms with Crippen LogP contribution in [0.3, 0.4) is 0 Å². The Kier molecular flexibility index (Phi) is 4.02. The van der Waals surface area contributed by atoms with E-state index in [4.69, 9.17) is 16.3 Å². The summed E-state index contributed by atoms with van der Waals surface area (Å²) in [4.78, 5) is 13.0. The zero-order valence-electron chi connectivity index (χ0n) is 11.1. The Hall–Kier alpha value is -1.26. The number of hydrogen-bond acceptors (Lipinski definition) is 2. The fraction of sp³-hybridized carbons (Fsp3) is 0.500. The number of rotatable bonds is 5. The molecule has 1 atom stereocenters. The number of methoxy groups -OCH3 is 1. The van der Waals surface area contributed by atoms with E-state index in [0.717, 1.165) is 12.8 Å². The third-order valence-corrected chi connectivity index (χ3v) is 3.95. The first-order valence-electron chi connectivity index (χ1n) is 6.39. The van der Waals surface area contributed by atoms with Crippen molar-refractivity contribution in [2.75, 3.05) is 7.11 Å². The van der Waals surface area contributed by atoms with Crippen LogP contribution in [0.15, 0.2) is 24.3 Å². The van der Waals surface area contributed by atoms with Crippen molar-refractivity contribution in [1.82, 2.24) is 4.90 Å². The lowest BCUT2D eigenvalue weighted by Gasteiger charge is -2.41. The van der Waals surface area contributed by atoms with Crippen molar-refractivity contribution in [3.63, 3.8) is 0 Å². The molecule has 1 amide bonds. The lowest BCUT2D eigenvalue weighted by molar-refractivity contribution is -0.134. The number of nitrogens with zero attached hydrogens (tertiary/aromatic N) is 1. The van der Waals surface area contributed by atoms with Crippen LogP contribution in [0.1, 0.15) is 31.7 Å². The molecule has 0 aliphatic heterocycles. The van der Waals surface area contributed by atoms with Gasteiger partial charge in [0.15, 0.2) is 5.72 Å². The lowest BCUT2D eigenvalue weighted by Crippen LogP contribution is -2.51. The largest absolute Gasteiger partial charge is 0.465 e. The average Bonchev–Trinajstić information content (AvgIpc) is 3.20. The van der Waals surface area contributed by atoms with E-state index in [1.807, 2.05) is 25.1 Å². The normalized spacial score (nSPS) is 17.8. The summed E-state index contributed by atoms with van der Waals surface area (Å²) < 4.78 is 5.64. The Morgan fingerprint density at radius 2 is 2.16 bits per heavy atom. The Bertz CT molecular complexity index is 470. The maximum atomic E-state index is 11.6. The van der Waals surface area contributed by atoms with Gasteiger partial charge in [-0.05, 0) is 25.3 Å². The van der Waals surface area contributed by atoms with Gasteiger partial charge in [0, 0.05) is 23.7 Å². The molecule has 2 rings (SSSR count). The summed E-state index contributed by atoms with van der Waals surface area (Å²) >= 11 is 6.24. The highest BCUT2D eigenvalue weighted by Gasteiger charge is 2.48. The minimum atomic E-state index is -1.01. The first kappa shape index (κ1) is 14.2. The Morgan fingerprint density at radius 1 is 1.53 bits per heavy atom. The Morgan fingerprint density at radius 3 is 2.58 bits per heavy atom. The van der Waals surface area contributed by atoms with Crippen LogP contribution in [0.4, 0.5) is 4.79 Å². The van der Waals surface area contributed by atoms with Crippen molar-refractivity contribution in [3.8, 4) is 0 Å². The number of ether oxygens (including phenoxy) is 1. The van der Waals surface area contributed by atoms with Crippen LogP contribution in [-0.2, 0) is 10.5 Å². The lowest BCUT2D eigenvalue weighted by atomic mass is 9.97. The molecule has 0 radical (unpaired) electrons. The number of halogens is 1. The predicted octanol–water partition coefficient (Wildman–Crippen LogP) is 3.69. The fourth-order valence-electron chi connectivity index (χ4n) is 2.56. The van der Waals surface area contributed by atoms with Crippen LogP contribution in [-0.4, -0.2) is 29.3 Å². The van der Waals surface area contributed by atoms with Gasteiger partial charge in [0.1, 0.15) is 0 Å². The van der Waals surface area contributed by atoms with Crippen molar-refractivity contribution >= 4 is 17.7 Å². The van der Waals surface area contributed by atoms with Gasteiger partial charge in [-0.15, -0.1) is 0 Å². The molecule has 0 unspecified atom stereocenters. The van der Waals surface area contributed by atoms with E-state index >= 15 is 0 Å². The molecule has 19 heavy (non-hydrogen) atoms. The molecule has 1 aromatic carbocycles. The van der Waals surface area contributed by atoms with E-state index in [2.05, 4.69) is 0 Å². The molecule has 0 spiro atoms. The van der Waals surface area contributed by atoms with E-state index in [1.165, 1.54) is 12.0 Å². The average molecular weight is 284 g/mol. The third kappa shape index (κ3) is 2.42. The van der Waals surface area contributed by atoms with E-state index in [9.17, 15) is 9.90 Å². The van der Waals surface area contributed by atoms with E-state index in [1.54, 1.807) is 6.07 Å². The number of carbonyl (C=O) groups is 1. The van der Waals surface area contributed by atoms with Crippen LogP contribution in [0.25, 0.3) is 0 Å². The molecule has 0 aromatic heterocycles. The van der Waals surface area contributed by atoms with Gasteiger partial charge < -0.3 is 9.84 Å². The van der Waals surface area contributed by atoms with E-state index < -0.39 is 11.8 Å². The maximum Gasteiger partial charge on any atom is 0.410 e. The molecule has 1 aliphatic carbocycles. The van der Waals surface area contributed by atoms with Crippen LogP contribution >= 0.6 is 11.6 Å². The van der Waals surface area contributed by atoms with Crippen molar-refractivity contribution in [2.24, 2.45) is 0 Å². The van der Waals surface area contributed by atoms with Crippen molar-refractivity contribution in [1.29, 1.82) is 0 Å². The van der Waals surface area contributed by atoms with Crippen LogP contribution < -0.4 is 0 Å². The summed E-state index contributed by atoms with van der Waals surface area (Å²) in [6.07, 6.45) is 1.30. The standard InChI is InChI=1S/C14H18ClNO3/c1-3-14(19-2,11-6-4-5-7-12(11)15)16(13(17)18)10-8-9-10/h4-7,10H,3,8-9H2,1-2H3,(H,17,18)/t14-/m0/s1. The molecule has 5 heteroatoms. The highest BCUT2D eigenvalue weighted by molar-refractivity contribution is 6.31. The smallest absolute Gasteiger partial charge is 0.410 e. The zero-order valence-corrected chi connectivity index (χ0v) is 11.9. The number of hydrogen-bond donors (Lipinski definition) is 1. The second-order valence-electron chi connectivity index (χ2n) is 4.71. The highest BCUT2D eigenvalue weighted by atomic mass is 35.5. The minimum absolute atomic E-state index is 0.0219. The van der Waals surface area contributed by atoms with Gasteiger partial charge in [-0.1, -0.05) is 36.7 Å². The van der Waals surface area contributed by atoms with Gasteiger partial charge in [0.05, 0.1) is 0 Å². The van der Waals surface area contributed by atoms with Gasteiger partial charge in [-0.2, -0.15) is 0 Å². The molecule has 104 valence electrons. The summed E-state index contributed by atoms with van der Waals surface area (Å²) in [6, 6.07) is 7.27. The monoisotopic (exact) mass is 283 g/mol. The topological polar surface area (TPSA) is 49.8 Å². The Balaban J connectivity index is 2.53. The summed E-state index contributed by atoms with van der Waals surface area (Å²) in [7, 11) is 1.53. The molecule has 4 nitrogen and oxygen atoms in total. The fourth-order valence-corrected chi connectivity index (χ4v) is 2.84. The number of benzene rings is 1. The van der Waals surface area contributed by atoms with Gasteiger partial charge in [0.2, 0.25) is 0 Å². The predicted molar refractivity (Wildman–Crippen MR) is 73.3 cm³/mol. The molecular formula is C14H18ClNO3. The molecular weight excluding hydrogens is 266 g/mol. The molecule has 0 heterocycles. The van der Waals surface area contributed by atoms with Gasteiger partial charge in [-0.3, -0.25) is 4.90 Å². The molecule has 1 aromatic rings. The van der Waals surface area contributed by atoms with Gasteiger partial charge >= 0.3 is 6.09 Å². The second-order valence-corrected chi connectivity index (χ2v) is 5.11. The van der Waals surface area contributed by atoms with Gasteiger partial charge in [0.25, 0.3) is 0 Å². The van der Waals surface area contributed by atoms with Crippen molar-refractivity contribution in [2.45, 2.75) is 38.0 Å². The van der Waals surface area contributed by atoms with Crippen LogP contribution in [0.2, 0.25) is 5.02 Å². The summed E-state index contributed by atoms with van der Waals surface area (Å²) in [5.74, 6) is 0. The summed E-state index contributed by atoms with van der Waals surface area (Å²) in [6.45, 7) is 1.91. The first-order valence-corrected chi connectivity index (χ1v) is 6.77. The number of amides is 1. The second kappa shape index (κ2) is 5.39. The zero-order chi connectivity index (χ0) is 14.0. The van der Waals surface area contributed by atoms with E-state index in [-0.39, 0.29) is 6.04 Å². The molecule has 1 saturated carbocycles. The minimum Gasteiger partial charge on any atom is -0.465 e. The van der Waals surface area contributed by atoms with Crippen molar-refractivity contribution < 1.29 is 14.6 Å². The molecule has 0 bridgehead atoms. The van der Waals surface area contributed by atoms with E-state index in [0.29, 0.717) is 17.0 Å². The SMILES string of the molecule is CC[C@](OC)(c1ccccc1Cl)N(C(=O)O)C1CC1. The quantitative estimate of drug-likeness (QED) is 0.839. The third-order valence-electron chi connectivity index (χ3n) is 3.62. The molecule has 1 fully saturated rings. The van der Waals surface area contributed by atoms with Crippen molar-refractivity contribution in [3.05, 3.63) is 34.9 Å². The summed E-state index contributed by atoms with van der Waals surface area (Å²) in [5, 5.41) is 10.1. The molecule has 1 N–H and O–H groups in total. The maximum absolute atomic E-state index is 11.6. The Labute approximate surface area is 117 Å². The molecule has 1 aliphatic rings.